The van der Waals surface area contributed by atoms with Crippen LogP contribution in [-0.4, -0.2) is 16.2 Å². The molecule has 1 N–H and O–H groups in total. The summed E-state index contributed by atoms with van der Waals surface area (Å²) in [6.07, 6.45) is 4.37. The van der Waals surface area contributed by atoms with Gasteiger partial charge in [-0.2, -0.15) is 5.10 Å². The molecule has 20 heavy (non-hydrogen) atoms. The van der Waals surface area contributed by atoms with Gasteiger partial charge in [-0.05, 0) is 30.4 Å². The van der Waals surface area contributed by atoms with E-state index in [0.29, 0.717) is 0 Å². The van der Waals surface area contributed by atoms with Crippen LogP contribution >= 0.6 is 22.7 Å². The average Bonchev–Trinajstić information content (AvgIpc) is 3.05. The molecule has 0 aliphatic carbocycles. The molecule has 0 unspecified atom stereocenters. The molecule has 0 amide bonds. The summed E-state index contributed by atoms with van der Waals surface area (Å²) in [7, 11) is 0. The van der Waals surface area contributed by atoms with Gasteiger partial charge in [0.25, 0.3) is 0 Å². The first-order valence-corrected chi connectivity index (χ1v) is 8.04. The molecule has 0 aliphatic rings. The van der Waals surface area contributed by atoms with E-state index in [1.807, 2.05) is 23.7 Å². The van der Waals surface area contributed by atoms with Crippen LogP contribution in [0.4, 0.5) is 5.82 Å². The summed E-state index contributed by atoms with van der Waals surface area (Å²) < 4.78 is 0. The number of hydrazone groups is 1. The highest BCUT2D eigenvalue weighted by atomic mass is 32.1. The van der Waals surface area contributed by atoms with Crippen molar-refractivity contribution in [2.75, 3.05) is 5.43 Å². The van der Waals surface area contributed by atoms with E-state index in [2.05, 4.69) is 34.3 Å². The zero-order chi connectivity index (χ0) is 13.9. The second-order valence-corrected chi connectivity index (χ2v) is 6.46. The summed E-state index contributed by atoms with van der Waals surface area (Å²) in [6, 6.07) is 4.03. The third-order valence-electron chi connectivity index (χ3n) is 3.05. The van der Waals surface area contributed by atoms with Crippen molar-refractivity contribution < 1.29 is 0 Å². The predicted molar refractivity (Wildman–Crippen MR) is 87.1 cm³/mol. The summed E-state index contributed by atoms with van der Waals surface area (Å²) in [6.45, 7) is 4.28. The lowest BCUT2D eigenvalue weighted by Crippen LogP contribution is -1.95. The first kappa shape index (κ1) is 13.2. The van der Waals surface area contributed by atoms with Gasteiger partial charge in [0, 0.05) is 9.75 Å². The molecule has 0 radical (unpaired) electrons. The van der Waals surface area contributed by atoms with Gasteiger partial charge in [-0.3, -0.25) is 5.43 Å². The van der Waals surface area contributed by atoms with Gasteiger partial charge in [0.1, 0.15) is 11.2 Å². The van der Waals surface area contributed by atoms with Crippen molar-refractivity contribution in [2.24, 2.45) is 5.10 Å². The third-order valence-corrected chi connectivity index (χ3v) is 4.91. The first-order chi connectivity index (χ1) is 9.79. The van der Waals surface area contributed by atoms with Gasteiger partial charge in [0.05, 0.1) is 11.6 Å². The number of nitrogens with zero attached hydrogens (tertiary/aromatic N) is 3. The van der Waals surface area contributed by atoms with Crippen LogP contribution in [-0.2, 0) is 6.42 Å². The maximum atomic E-state index is 4.35. The molecule has 0 aliphatic heterocycles. The molecule has 0 bridgehead atoms. The number of aryl methyl sites for hydroxylation is 2. The Morgan fingerprint density at radius 3 is 3.05 bits per heavy atom. The van der Waals surface area contributed by atoms with E-state index in [4.69, 9.17) is 0 Å². The van der Waals surface area contributed by atoms with E-state index < -0.39 is 0 Å². The molecule has 6 heteroatoms. The molecular weight excluding hydrogens is 288 g/mol. The van der Waals surface area contributed by atoms with Crippen LogP contribution in [0.15, 0.2) is 28.9 Å². The SMILES string of the molecule is CCc1c(C)sc2ncnc(NN=Cc3cccs3)c12. The number of rotatable bonds is 4. The zero-order valence-electron chi connectivity index (χ0n) is 11.3. The van der Waals surface area contributed by atoms with E-state index in [9.17, 15) is 0 Å². The number of aromatic nitrogens is 2. The Balaban J connectivity index is 1.95. The maximum absolute atomic E-state index is 4.35. The van der Waals surface area contributed by atoms with E-state index in [0.717, 1.165) is 27.3 Å². The van der Waals surface area contributed by atoms with Gasteiger partial charge in [-0.1, -0.05) is 13.0 Å². The minimum atomic E-state index is 0.781. The van der Waals surface area contributed by atoms with Gasteiger partial charge in [-0.15, -0.1) is 22.7 Å². The second kappa shape index (κ2) is 5.68. The molecule has 3 aromatic heterocycles. The molecule has 0 aromatic carbocycles. The molecular formula is C14H14N4S2. The molecule has 3 aromatic rings. The van der Waals surface area contributed by atoms with Crippen LogP contribution in [0, 0.1) is 6.92 Å². The van der Waals surface area contributed by atoms with Crippen LogP contribution < -0.4 is 5.43 Å². The van der Waals surface area contributed by atoms with Crippen LogP contribution in [0.3, 0.4) is 0 Å². The van der Waals surface area contributed by atoms with E-state index in [-0.39, 0.29) is 0 Å². The fourth-order valence-electron chi connectivity index (χ4n) is 2.13. The Hall–Kier alpha value is -1.79. The molecule has 3 heterocycles. The van der Waals surface area contributed by atoms with Crippen molar-refractivity contribution >= 4 is 44.9 Å². The molecule has 102 valence electrons. The number of fused-ring (bicyclic) bond motifs is 1. The van der Waals surface area contributed by atoms with Crippen molar-refractivity contribution in [3.05, 3.63) is 39.2 Å². The quantitative estimate of drug-likeness (QED) is 0.584. The summed E-state index contributed by atoms with van der Waals surface area (Å²) in [5.41, 5.74) is 4.35. The van der Waals surface area contributed by atoms with E-state index in [1.165, 1.54) is 10.4 Å². The monoisotopic (exact) mass is 302 g/mol. The van der Waals surface area contributed by atoms with Crippen molar-refractivity contribution in [1.82, 2.24) is 9.97 Å². The van der Waals surface area contributed by atoms with Crippen molar-refractivity contribution in [2.45, 2.75) is 20.3 Å². The first-order valence-electron chi connectivity index (χ1n) is 6.35. The highest BCUT2D eigenvalue weighted by Crippen LogP contribution is 2.33. The Kier molecular flexibility index (Phi) is 3.75. The van der Waals surface area contributed by atoms with Crippen LogP contribution in [0.5, 0.6) is 0 Å². The zero-order valence-corrected chi connectivity index (χ0v) is 12.9. The summed E-state index contributed by atoms with van der Waals surface area (Å²) in [5.74, 6) is 0.781. The van der Waals surface area contributed by atoms with Crippen LogP contribution in [0.25, 0.3) is 10.2 Å². The number of nitrogens with one attached hydrogen (secondary N) is 1. The smallest absolute Gasteiger partial charge is 0.158 e. The van der Waals surface area contributed by atoms with Gasteiger partial charge >= 0.3 is 0 Å². The normalized spacial score (nSPS) is 11.5. The number of thiophene rings is 2. The van der Waals surface area contributed by atoms with Gasteiger partial charge in [-0.25, -0.2) is 9.97 Å². The summed E-state index contributed by atoms with van der Waals surface area (Å²) in [4.78, 5) is 12.1. The fraction of sp³-hybridized carbons (Fsp3) is 0.214. The largest absolute Gasteiger partial charge is 0.261 e. The van der Waals surface area contributed by atoms with Gasteiger partial charge < -0.3 is 0 Å². The van der Waals surface area contributed by atoms with Gasteiger partial charge in [0.15, 0.2) is 5.82 Å². The standard InChI is InChI=1S/C14H14N4S2/c1-3-11-9(2)20-14-12(11)13(15-8-16-14)18-17-7-10-5-4-6-19-10/h4-8H,3H2,1-2H3,(H,15,16,18). The maximum Gasteiger partial charge on any atom is 0.158 e. The lowest BCUT2D eigenvalue weighted by Gasteiger charge is -2.02. The second-order valence-electron chi connectivity index (χ2n) is 4.28. The van der Waals surface area contributed by atoms with Crippen LogP contribution in [0.1, 0.15) is 22.2 Å². The van der Waals surface area contributed by atoms with Crippen LogP contribution in [0.2, 0.25) is 0 Å². The summed E-state index contributed by atoms with van der Waals surface area (Å²) >= 11 is 3.36. The highest BCUT2D eigenvalue weighted by molar-refractivity contribution is 7.18. The molecule has 0 saturated heterocycles. The van der Waals surface area contributed by atoms with Crippen molar-refractivity contribution in [3.8, 4) is 0 Å². The Bertz CT molecular complexity index is 744. The highest BCUT2D eigenvalue weighted by Gasteiger charge is 2.13. The fourth-order valence-corrected chi connectivity index (χ4v) is 3.80. The number of hydrogen-bond donors (Lipinski definition) is 1. The molecule has 0 fully saturated rings. The van der Waals surface area contributed by atoms with E-state index in [1.54, 1.807) is 29.0 Å². The van der Waals surface area contributed by atoms with Crippen molar-refractivity contribution in [3.63, 3.8) is 0 Å². The molecule has 0 saturated carbocycles. The topological polar surface area (TPSA) is 50.2 Å². The average molecular weight is 302 g/mol. The lowest BCUT2D eigenvalue weighted by molar-refractivity contribution is 1.13. The minimum absolute atomic E-state index is 0.781. The van der Waals surface area contributed by atoms with Gasteiger partial charge in [0.2, 0.25) is 0 Å². The lowest BCUT2D eigenvalue weighted by atomic mass is 10.1. The third kappa shape index (κ3) is 2.44. The number of anilines is 1. The number of hydrogen-bond acceptors (Lipinski definition) is 6. The Morgan fingerprint density at radius 2 is 2.30 bits per heavy atom. The Labute approximate surface area is 125 Å². The molecule has 0 spiro atoms. The summed E-state index contributed by atoms with van der Waals surface area (Å²) in [5, 5.41) is 7.40. The van der Waals surface area contributed by atoms with Crippen molar-refractivity contribution in [1.29, 1.82) is 0 Å². The molecule has 4 nitrogen and oxygen atoms in total. The van der Waals surface area contributed by atoms with E-state index >= 15 is 0 Å². The predicted octanol–water partition coefficient (Wildman–Crippen LogP) is 4.07. The molecule has 0 atom stereocenters. The minimum Gasteiger partial charge on any atom is -0.261 e. The molecule has 3 rings (SSSR count). The Morgan fingerprint density at radius 1 is 1.40 bits per heavy atom.